The summed E-state index contributed by atoms with van der Waals surface area (Å²) in [7, 11) is 0. The van der Waals surface area contributed by atoms with Gasteiger partial charge in [-0.05, 0) is 48.4 Å². The number of nitrogens with zero attached hydrogens (tertiary/aromatic N) is 4. The highest BCUT2D eigenvalue weighted by Gasteiger charge is 2.12. The van der Waals surface area contributed by atoms with Crippen LogP contribution < -0.4 is 9.64 Å². The summed E-state index contributed by atoms with van der Waals surface area (Å²) >= 11 is 7.82. The Hall–Kier alpha value is -2.79. The smallest absolute Gasteiger partial charge is 0.174 e. The zero-order valence-corrected chi connectivity index (χ0v) is 19.3. The molecule has 1 aromatic heterocycles. The maximum atomic E-state index is 8.66. The van der Waals surface area contributed by atoms with Gasteiger partial charge in [0.15, 0.2) is 6.61 Å². The standard InChI is InChI=1S/C24H23ClN4O2S/c1-17-16-27-23(14-18-2-4-19(5-3-18)29-9-12-30-13-10-29)28-24(17)32-20-6-7-22(21(25)15-20)31-11-8-26/h2-7,15-16H,9-14H2,1H3. The van der Waals surface area contributed by atoms with Gasteiger partial charge in [0.2, 0.25) is 0 Å². The van der Waals surface area contributed by atoms with Crippen LogP contribution in [0.5, 0.6) is 5.75 Å². The number of anilines is 1. The van der Waals surface area contributed by atoms with Crippen molar-refractivity contribution in [3.63, 3.8) is 0 Å². The Labute approximate surface area is 197 Å². The fourth-order valence-electron chi connectivity index (χ4n) is 3.36. The van der Waals surface area contributed by atoms with Gasteiger partial charge in [-0.1, -0.05) is 35.5 Å². The Morgan fingerprint density at radius 2 is 1.97 bits per heavy atom. The Bertz CT molecular complexity index is 1110. The van der Waals surface area contributed by atoms with Gasteiger partial charge in [-0.2, -0.15) is 5.26 Å². The zero-order chi connectivity index (χ0) is 22.3. The van der Waals surface area contributed by atoms with E-state index in [1.165, 1.54) is 23.0 Å². The largest absolute Gasteiger partial charge is 0.477 e. The quantitative estimate of drug-likeness (QED) is 0.457. The van der Waals surface area contributed by atoms with Gasteiger partial charge in [0, 0.05) is 36.3 Å². The number of aryl methyl sites for hydroxylation is 1. The molecule has 4 rings (SSSR count). The van der Waals surface area contributed by atoms with Crippen LogP contribution in [0.4, 0.5) is 5.69 Å². The van der Waals surface area contributed by atoms with Crippen molar-refractivity contribution < 1.29 is 9.47 Å². The first-order valence-corrected chi connectivity index (χ1v) is 11.5. The maximum absolute atomic E-state index is 8.66. The van der Waals surface area contributed by atoms with Crippen molar-refractivity contribution in [2.75, 3.05) is 37.8 Å². The number of hydrogen-bond acceptors (Lipinski definition) is 7. The predicted octanol–water partition coefficient (Wildman–Crippen LogP) is 4.92. The summed E-state index contributed by atoms with van der Waals surface area (Å²) in [6.07, 6.45) is 2.53. The lowest BCUT2D eigenvalue weighted by Gasteiger charge is -2.28. The molecule has 2 heterocycles. The molecular formula is C24H23ClN4O2S. The first kappa shape index (κ1) is 22.4. The SMILES string of the molecule is Cc1cnc(Cc2ccc(N3CCOCC3)cc2)nc1Sc1ccc(OCC#N)c(Cl)c1. The van der Waals surface area contributed by atoms with Gasteiger partial charge in [0.1, 0.15) is 22.7 Å². The van der Waals surface area contributed by atoms with Crippen LogP contribution in [0.25, 0.3) is 0 Å². The van der Waals surface area contributed by atoms with Crippen molar-refractivity contribution in [2.24, 2.45) is 0 Å². The van der Waals surface area contributed by atoms with Crippen molar-refractivity contribution in [1.29, 1.82) is 5.26 Å². The molecule has 164 valence electrons. The lowest BCUT2D eigenvalue weighted by molar-refractivity contribution is 0.122. The molecular weight excluding hydrogens is 444 g/mol. The molecule has 0 spiro atoms. The third-order valence-electron chi connectivity index (χ3n) is 5.06. The third-order valence-corrected chi connectivity index (χ3v) is 6.45. The summed E-state index contributed by atoms with van der Waals surface area (Å²) < 4.78 is 10.7. The molecule has 0 bridgehead atoms. The summed E-state index contributed by atoms with van der Waals surface area (Å²) in [5.74, 6) is 1.27. The first-order valence-electron chi connectivity index (χ1n) is 10.3. The van der Waals surface area contributed by atoms with E-state index >= 15 is 0 Å². The molecule has 0 amide bonds. The minimum atomic E-state index is -0.0337. The number of benzene rings is 2. The van der Waals surface area contributed by atoms with Crippen molar-refractivity contribution in [2.45, 2.75) is 23.3 Å². The fraction of sp³-hybridized carbons (Fsp3) is 0.292. The Kier molecular flexibility index (Phi) is 7.48. The summed E-state index contributed by atoms with van der Waals surface area (Å²) in [4.78, 5) is 12.6. The molecule has 0 unspecified atom stereocenters. The number of aromatic nitrogens is 2. The second kappa shape index (κ2) is 10.7. The lowest BCUT2D eigenvalue weighted by Crippen LogP contribution is -2.36. The highest BCUT2D eigenvalue weighted by molar-refractivity contribution is 7.99. The van der Waals surface area contributed by atoms with Crippen LogP contribution in [0.15, 0.2) is 58.6 Å². The van der Waals surface area contributed by atoms with E-state index in [-0.39, 0.29) is 6.61 Å². The molecule has 1 fully saturated rings. The van der Waals surface area contributed by atoms with E-state index in [4.69, 9.17) is 31.3 Å². The van der Waals surface area contributed by atoms with Crippen LogP contribution in [0.1, 0.15) is 17.0 Å². The summed E-state index contributed by atoms with van der Waals surface area (Å²) in [6, 6.07) is 16.0. The second-order valence-corrected chi connectivity index (χ2v) is 8.83. The molecule has 1 aliphatic heterocycles. The number of ether oxygens (including phenoxy) is 2. The number of morpholine rings is 1. The van der Waals surface area contributed by atoms with Gasteiger partial charge < -0.3 is 14.4 Å². The highest BCUT2D eigenvalue weighted by Crippen LogP contribution is 2.34. The third kappa shape index (κ3) is 5.71. The van der Waals surface area contributed by atoms with Gasteiger partial charge in [-0.25, -0.2) is 9.97 Å². The first-order chi connectivity index (χ1) is 15.6. The summed E-state index contributed by atoms with van der Waals surface area (Å²) in [5, 5.41) is 10.0. The molecule has 0 atom stereocenters. The minimum absolute atomic E-state index is 0.0337. The van der Waals surface area contributed by atoms with E-state index in [2.05, 4.69) is 34.1 Å². The van der Waals surface area contributed by atoms with Crippen LogP contribution in [0.3, 0.4) is 0 Å². The molecule has 0 saturated carbocycles. The van der Waals surface area contributed by atoms with Crippen LogP contribution in [-0.4, -0.2) is 42.9 Å². The van der Waals surface area contributed by atoms with Crippen molar-refractivity contribution >= 4 is 29.1 Å². The zero-order valence-electron chi connectivity index (χ0n) is 17.8. The number of hydrogen-bond donors (Lipinski definition) is 0. The van der Waals surface area contributed by atoms with Gasteiger partial charge in [-0.15, -0.1) is 0 Å². The van der Waals surface area contributed by atoms with Crippen LogP contribution in [0, 0.1) is 18.3 Å². The Balaban J connectivity index is 1.44. The topological polar surface area (TPSA) is 71.3 Å². The Morgan fingerprint density at radius 3 is 2.69 bits per heavy atom. The molecule has 0 radical (unpaired) electrons. The van der Waals surface area contributed by atoms with E-state index in [9.17, 15) is 0 Å². The molecule has 0 aliphatic carbocycles. The van der Waals surface area contributed by atoms with Crippen LogP contribution >= 0.6 is 23.4 Å². The van der Waals surface area contributed by atoms with Gasteiger partial charge >= 0.3 is 0 Å². The number of nitriles is 1. The Morgan fingerprint density at radius 1 is 1.19 bits per heavy atom. The van der Waals surface area contributed by atoms with Gasteiger partial charge in [0.25, 0.3) is 0 Å². The van der Waals surface area contributed by atoms with Crippen molar-refractivity contribution in [3.8, 4) is 11.8 Å². The number of rotatable bonds is 7. The minimum Gasteiger partial charge on any atom is -0.477 e. The molecule has 2 aromatic carbocycles. The molecule has 1 aliphatic rings. The fourth-order valence-corrected chi connectivity index (χ4v) is 4.56. The molecule has 3 aromatic rings. The summed E-state index contributed by atoms with van der Waals surface area (Å²) in [5.41, 5.74) is 3.39. The van der Waals surface area contributed by atoms with Crippen LogP contribution in [0.2, 0.25) is 5.02 Å². The van der Waals surface area contributed by atoms with E-state index in [0.29, 0.717) is 17.2 Å². The molecule has 6 nitrogen and oxygen atoms in total. The van der Waals surface area contributed by atoms with E-state index in [1.807, 2.05) is 31.3 Å². The highest BCUT2D eigenvalue weighted by atomic mass is 35.5. The summed E-state index contributed by atoms with van der Waals surface area (Å²) in [6.45, 7) is 5.37. The van der Waals surface area contributed by atoms with E-state index in [0.717, 1.165) is 47.6 Å². The maximum Gasteiger partial charge on any atom is 0.174 e. The lowest BCUT2D eigenvalue weighted by atomic mass is 10.1. The molecule has 0 N–H and O–H groups in total. The van der Waals surface area contributed by atoms with E-state index in [1.54, 1.807) is 6.07 Å². The monoisotopic (exact) mass is 466 g/mol. The molecule has 8 heteroatoms. The number of halogens is 1. The molecule has 1 saturated heterocycles. The average molecular weight is 467 g/mol. The predicted molar refractivity (Wildman–Crippen MR) is 126 cm³/mol. The molecule has 32 heavy (non-hydrogen) atoms. The van der Waals surface area contributed by atoms with Crippen LogP contribution in [-0.2, 0) is 11.2 Å². The average Bonchev–Trinajstić information content (AvgIpc) is 2.82. The normalized spacial score (nSPS) is 13.6. The second-order valence-electron chi connectivity index (χ2n) is 7.36. The van der Waals surface area contributed by atoms with Gasteiger partial charge in [0.05, 0.1) is 18.2 Å². The van der Waals surface area contributed by atoms with E-state index < -0.39 is 0 Å². The van der Waals surface area contributed by atoms with Crippen molar-refractivity contribution in [1.82, 2.24) is 9.97 Å². The van der Waals surface area contributed by atoms with Gasteiger partial charge in [-0.3, -0.25) is 0 Å². The van der Waals surface area contributed by atoms with Crippen molar-refractivity contribution in [3.05, 3.63) is 70.6 Å².